The second-order valence-corrected chi connectivity index (χ2v) is 6.42. The van der Waals surface area contributed by atoms with Gasteiger partial charge in [-0.05, 0) is 43.2 Å². The molecule has 0 aliphatic carbocycles. The van der Waals surface area contributed by atoms with Crippen molar-refractivity contribution in [2.45, 2.75) is 18.9 Å². The lowest BCUT2D eigenvalue weighted by atomic mass is 10.1. The molecular weight excluding hydrogens is 335 g/mol. The first-order valence-electron chi connectivity index (χ1n) is 8.57. The van der Waals surface area contributed by atoms with Crippen LogP contribution in [0.3, 0.4) is 0 Å². The number of halogens is 1. The number of piperidine rings is 1. The normalized spacial score (nSPS) is 15.4. The Hall–Kier alpha value is -3.03. The van der Waals surface area contributed by atoms with Gasteiger partial charge in [-0.1, -0.05) is 0 Å². The highest BCUT2D eigenvalue weighted by atomic mass is 19.1. The molecule has 0 bridgehead atoms. The zero-order valence-corrected chi connectivity index (χ0v) is 14.4. The molecule has 0 spiro atoms. The molecule has 1 saturated heterocycles. The molecule has 0 N–H and O–H groups in total. The van der Waals surface area contributed by atoms with E-state index < -0.39 is 0 Å². The first kappa shape index (κ1) is 16.4. The van der Waals surface area contributed by atoms with Crippen LogP contribution in [0.1, 0.15) is 29.4 Å². The molecule has 1 fully saturated rings. The lowest BCUT2D eigenvalue weighted by Gasteiger charge is -2.31. The number of carbonyl (C=O) groups is 1. The van der Waals surface area contributed by atoms with Gasteiger partial charge in [0.15, 0.2) is 0 Å². The fourth-order valence-corrected chi connectivity index (χ4v) is 3.31. The first-order valence-corrected chi connectivity index (χ1v) is 8.57. The summed E-state index contributed by atoms with van der Waals surface area (Å²) in [5, 5.41) is 12.8. The Morgan fingerprint density at radius 3 is 2.42 bits per heavy atom. The van der Waals surface area contributed by atoms with Gasteiger partial charge in [0.25, 0.3) is 5.91 Å². The van der Waals surface area contributed by atoms with Crippen LogP contribution in [-0.4, -0.2) is 48.7 Å². The fourth-order valence-electron chi connectivity index (χ4n) is 3.31. The predicted molar refractivity (Wildman–Crippen MR) is 92.8 cm³/mol. The largest absolute Gasteiger partial charge is 0.337 e. The van der Waals surface area contributed by atoms with Crippen LogP contribution < -0.4 is 0 Å². The number of hydrogen-bond acceptors (Lipinski definition) is 4. The summed E-state index contributed by atoms with van der Waals surface area (Å²) in [5.74, 6) is -0.337. The lowest BCUT2D eigenvalue weighted by molar-refractivity contribution is 0.0672. The summed E-state index contributed by atoms with van der Waals surface area (Å²) >= 11 is 0. The number of hydrogen-bond donors (Lipinski definition) is 0. The van der Waals surface area contributed by atoms with Gasteiger partial charge in [0.05, 0.1) is 24.1 Å². The third-order valence-electron chi connectivity index (χ3n) is 4.75. The highest BCUT2D eigenvalue weighted by molar-refractivity contribution is 5.93. The van der Waals surface area contributed by atoms with Gasteiger partial charge in [0.1, 0.15) is 11.5 Å². The zero-order chi connectivity index (χ0) is 18.1. The van der Waals surface area contributed by atoms with Crippen molar-refractivity contribution >= 4 is 5.91 Å². The summed E-state index contributed by atoms with van der Waals surface area (Å²) in [5.41, 5.74) is 1.97. The average Bonchev–Trinajstić information content (AvgIpc) is 3.32. The van der Waals surface area contributed by atoms with Crippen molar-refractivity contribution in [3.8, 4) is 11.3 Å². The minimum absolute atomic E-state index is 0.0414. The van der Waals surface area contributed by atoms with Crippen LogP contribution in [-0.2, 0) is 7.05 Å². The molecule has 7 nitrogen and oxygen atoms in total. The van der Waals surface area contributed by atoms with Gasteiger partial charge in [-0.2, -0.15) is 20.1 Å². The molecule has 0 unspecified atom stereocenters. The van der Waals surface area contributed by atoms with Crippen LogP contribution in [0.5, 0.6) is 0 Å². The van der Waals surface area contributed by atoms with Gasteiger partial charge in [-0.3, -0.25) is 9.48 Å². The maximum Gasteiger partial charge on any atom is 0.272 e. The lowest BCUT2D eigenvalue weighted by Crippen LogP contribution is -2.40. The number of carbonyl (C=O) groups excluding carboxylic acids is 1. The molecule has 3 heterocycles. The number of benzene rings is 1. The van der Waals surface area contributed by atoms with E-state index in [1.165, 1.54) is 12.1 Å². The minimum Gasteiger partial charge on any atom is -0.337 e. The van der Waals surface area contributed by atoms with E-state index in [1.54, 1.807) is 47.1 Å². The fraction of sp³-hybridized carbons (Fsp3) is 0.333. The second kappa shape index (κ2) is 6.70. The highest BCUT2D eigenvalue weighted by Gasteiger charge is 2.27. The third kappa shape index (κ3) is 3.10. The molecule has 4 rings (SSSR count). The van der Waals surface area contributed by atoms with Gasteiger partial charge in [0.2, 0.25) is 0 Å². The van der Waals surface area contributed by atoms with Crippen molar-refractivity contribution in [3.63, 3.8) is 0 Å². The van der Waals surface area contributed by atoms with E-state index in [-0.39, 0.29) is 17.8 Å². The van der Waals surface area contributed by atoms with E-state index in [4.69, 9.17) is 0 Å². The van der Waals surface area contributed by atoms with Crippen molar-refractivity contribution < 1.29 is 9.18 Å². The summed E-state index contributed by atoms with van der Waals surface area (Å²) < 4.78 is 14.7. The van der Waals surface area contributed by atoms with Crippen LogP contribution in [0.15, 0.2) is 42.7 Å². The third-order valence-corrected chi connectivity index (χ3v) is 4.75. The van der Waals surface area contributed by atoms with Crippen molar-refractivity contribution in [1.82, 2.24) is 29.7 Å². The van der Waals surface area contributed by atoms with Gasteiger partial charge in [0, 0.05) is 25.7 Å². The Morgan fingerprint density at radius 1 is 1.12 bits per heavy atom. The second-order valence-electron chi connectivity index (χ2n) is 6.42. The summed E-state index contributed by atoms with van der Waals surface area (Å²) in [6.07, 6.45) is 4.99. The monoisotopic (exact) mass is 354 g/mol. The van der Waals surface area contributed by atoms with Crippen LogP contribution in [0.4, 0.5) is 4.39 Å². The average molecular weight is 354 g/mol. The molecular formula is C18H19FN6O. The number of aryl methyl sites for hydroxylation is 1. The molecule has 1 aromatic carbocycles. The first-order chi connectivity index (χ1) is 12.6. The number of likely N-dealkylation sites (tertiary alicyclic amines) is 1. The molecule has 1 aliphatic rings. The van der Waals surface area contributed by atoms with E-state index >= 15 is 0 Å². The van der Waals surface area contributed by atoms with Crippen LogP contribution >= 0.6 is 0 Å². The summed E-state index contributed by atoms with van der Waals surface area (Å²) in [4.78, 5) is 16.4. The Bertz CT molecular complexity index is 894. The number of aromatic nitrogens is 5. The molecule has 26 heavy (non-hydrogen) atoms. The standard InChI is InChI=1S/C18H19FN6O/c1-23-17(12-16(22-23)13-2-4-14(19)5-3-13)18(26)24-10-6-15(7-11-24)25-20-8-9-21-25/h2-5,8-9,12,15H,6-7,10-11H2,1H3. The van der Waals surface area contributed by atoms with Gasteiger partial charge in [-0.25, -0.2) is 4.39 Å². The van der Waals surface area contributed by atoms with E-state index in [0.29, 0.717) is 24.5 Å². The number of amides is 1. The smallest absolute Gasteiger partial charge is 0.272 e. The van der Waals surface area contributed by atoms with Crippen LogP contribution in [0.2, 0.25) is 0 Å². The van der Waals surface area contributed by atoms with Gasteiger partial charge < -0.3 is 4.90 Å². The zero-order valence-electron chi connectivity index (χ0n) is 14.4. The number of nitrogens with zero attached hydrogens (tertiary/aromatic N) is 6. The van der Waals surface area contributed by atoms with Crippen LogP contribution in [0.25, 0.3) is 11.3 Å². The van der Waals surface area contributed by atoms with E-state index in [9.17, 15) is 9.18 Å². The minimum atomic E-state index is -0.296. The quantitative estimate of drug-likeness (QED) is 0.724. The van der Waals surface area contributed by atoms with E-state index in [2.05, 4.69) is 15.3 Å². The Kier molecular flexibility index (Phi) is 4.24. The molecule has 134 valence electrons. The van der Waals surface area contributed by atoms with Crippen LogP contribution in [0, 0.1) is 5.82 Å². The molecule has 0 atom stereocenters. The van der Waals surface area contributed by atoms with Gasteiger partial charge in [-0.15, -0.1) is 0 Å². The predicted octanol–water partition coefficient (Wildman–Crippen LogP) is 2.29. The highest BCUT2D eigenvalue weighted by Crippen LogP contribution is 2.24. The van der Waals surface area contributed by atoms with E-state index in [1.807, 2.05) is 4.90 Å². The van der Waals surface area contributed by atoms with E-state index in [0.717, 1.165) is 18.4 Å². The van der Waals surface area contributed by atoms with Crippen molar-refractivity contribution in [3.05, 3.63) is 54.2 Å². The Labute approximate surface area is 150 Å². The molecule has 1 amide bonds. The Morgan fingerprint density at radius 2 is 1.77 bits per heavy atom. The summed E-state index contributed by atoms with van der Waals surface area (Å²) in [6.45, 7) is 1.31. The van der Waals surface area contributed by atoms with Crippen molar-refractivity contribution in [2.75, 3.05) is 13.1 Å². The van der Waals surface area contributed by atoms with Crippen molar-refractivity contribution in [2.24, 2.45) is 7.05 Å². The molecule has 0 saturated carbocycles. The van der Waals surface area contributed by atoms with Crippen molar-refractivity contribution in [1.29, 1.82) is 0 Å². The maximum atomic E-state index is 13.1. The number of rotatable bonds is 3. The maximum absolute atomic E-state index is 13.1. The molecule has 8 heteroatoms. The molecule has 0 radical (unpaired) electrons. The summed E-state index contributed by atoms with van der Waals surface area (Å²) in [7, 11) is 1.75. The SMILES string of the molecule is Cn1nc(-c2ccc(F)cc2)cc1C(=O)N1CCC(n2nccn2)CC1. The summed E-state index contributed by atoms with van der Waals surface area (Å²) in [6, 6.07) is 8.09. The molecule has 3 aromatic rings. The molecule has 2 aromatic heterocycles. The van der Waals surface area contributed by atoms with Gasteiger partial charge >= 0.3 is 0 Å². The topological polar surface area (TPSA) is 68.8 Å². The molecule has 1 aliphatic heterocycles. The Balaban J connectivity index is 1.48.